The van der Waals surface area contributed by atoms with Crippen LogP contribution in [0.3, 0.4) is 0 Å². The molecule has 2 heterocycles. The van der Waals surface area contributed by atoms with E-state index in [1.54, 1.807) is 0 Å². The number of anilines is 1. The summed E-state index contributed by atoms with van der Waals surface area (Å²) < 4.78 is 0. The predicted octanol–water partition coefficient (Wildman–Crippen LogP) is 1.95. The lowest BCUT2D eigenvalue weighted by atomic mass is 10.3. The average Bonchev–Trinajstić information content (AvgIpc) is 2.65. The van der Waals surface area contributed by atoms with Crippen LogP contribution in [-0.4, -0.2) is 22.0 Å². The highest BCUT2D eigenvalue weighted by Gasteiger charge is 2.05. The number of hydrogen-bond donors (Lipinski definition) is 2. The second-order valence-corrected chi connectivity index (χ2v) is 3.23. The van der Waals surface area contributed by atoms with Crippen LogP contribution in [0, 0.1) is 0 Å². The number of nitrogens with one attached hydrogen (secondary N) is 2. The topological polar surface area (TPSA) is 53.6 Å². The molecule has 0 radical (unpaired) electrons. The number of fused-ring (bicyclic) bond motifs is 1. The second-order valence-electron chi connectivity index (χ2n) is 3.23. The van der Waals surface area contributed by atoms with Crippen molar-refractivity contribution in [2.24, 2.45) is 0 Å². The summed E-state index contributed by atoms with van der Waals surface area (Å²) in [6.07, 6.45) is 3.87. The van der Waals surface area contributed by atoms with Crippen LogP contribution in [0.1, 0.15) is 19.2 Å². The van der Waals surface area contributed by atoms with Crippen molar-refractivity contribution in [3.05, 3.63) is 18.1 Å². The molecule has 0 saturated carbocycles. The van der Waals surface area contributed by atoms with E-state index in [1.807, 2.05) is 19.3 Å². The van der Waals surface area contributed by atoms with Gasteiger partial charge in [0.25, 0.3) is 0 Å². The third kappa shape index (κ3) is 1.43. The first-order chi connectivity index (χ1) is 6.85. The van der Waals surface area contributed by atoms with Gasteiger partial charge < -0.3 is 10.3 Å². The Morgan fingerprint density at radius 3 is 3.00 bits per heavy atom. The summed E-state index contributed by atoms with van der Waals surface area (Å²) in [6, 6.07) is 1.98. The Bertz CT molecular complexity index is 433. The molecule has 0 unspecified atom stereocenters. The van der Waals surface area contributed by atoms with E-state index >= 15 is 0 Å². The van der Waals surface area contributed by atoms with Gasteiger partial charge in [-0.25, -0.2) is 9.97 Å². The van der Waals surface area contributed by atoms with E-state index in [-0.39, 0.29) is 0 Å². The quantitative estimate of drug-likeness (QED) is 0.777. The number of aromatic amines is 1. The highest BCUT2D eigenvalue weighted by Crippen LogP contribution is 2.18. The summed E-state index contributed by atoms with van der Waals surface area (Å²) in [5.41, 5.74) is 0.910. The highest BCUT2D eigenvalue weighted by atomic mass is 15.0. The van der Waals surface area contributed by atoms with Crippen LogP contribution in [0.15, 0.2) is 12.3 Å². The molecule has 0 aliphatic carbocycles. The number of H-pyrrole nitrogens is 1. The second kappa shape index (κ2) is 3.65. The molecule has 0 amide bonds. The highest BCUT2D eigenvalue weighted by molar-refractivity contribution is 5.86. The molecule has 0 aliphatic rings. The maximum absolute atomic E-state index is 4.44. The van der Waals surface area contributed by atoms with Gasteiger partial charge in [0.05, 0.1) is 5.39 Å². The Morgan fingerprint density at radius 1 is 1.43 bits per heavy atom. The van der Waals surface area contributed by atoms with E-state index in [1.165, 1.54) is 0 Å². The third-order valence-corrected chi connectivity index (χ3v) is 2.17. The van der Waals surface area contributed by atoms with Crippen molar-refractivity contribution in [2.45, 2.75) is 19.8 Å². The van der Waals surface area contributed by atoms with Gasteiger partial charge in [-0.05, 0) is 12.5 Å². The van der Waals surface area contributed by atoms with Crippen LogP contribution in [0.4, 0.5) is 5.82 Å². The fraction of sp³-hybridized carbons (Fsp3) is 0.400. The van der Waals surface area contributed by atoms with Gasteiger partial charge in [0.15, 0.2) is 0 Å². The minimum absolute atomic E-state index is 0.895. The smallest absolute Gasteiger partial charge is 0.143 e. The van der Waals surface area contributed by atoms with Gasteiger partial charge >= 0.3 is 0 Å². The molecular formula is C10H14N4. The van der Waals surface area contributed by atoms with Gasteiger partial charge in [-0.3, -0.25) is 0 Å². The monoisotopic (exact) mass is 190 g/mol. The fourth-order valence-electron chi connectivity index (χ4n) is 1.51. The first-order valence-electron chi connectivity index (χ1n) is 4.87. The SMILES string of the molecule is CCCc1nc(NC)c2cc[nH]c2n1. The molecule has 2 aromatic rings. The summed E-state index contributed by atoms with van der Waals surface area (Å²) in [7, 11) is 1.88. The number of nitrogens with zero attached hydrogens (tertiary/aromatic N) is 2. The van der Waals surface area contributed by atoms with Crippen LogP contribution in [0.2, 0.25) is 0 Å². The first-order valence-corrected chi connectivity index (χ1v) is 4.87. The van der Waals surface area contributed by atoms with E-state index < -0.39 is 0 Å². The van der Waals surface area contributed by atoms with E-state index in [2.05, 4.69) is 27.2 Å². The number of rotatable bonds is 3. The molecule has 0 aliphatic heterocycles. The van der Waals surface area contributed by atoms with Gasteiger partial charge in [-0.1, -0.05) is 6.92 Å². The molecule has 74 valence electrons. The lowest BCUT2D eigenvalue weighted by Crippen LogP contribution is -2.00. The van der Waals surface area contributed by atoms with Crippen LogP contribution in [-0.2, 0) is 6.42 Å². The lowest BCUT2D eigenvalue weighted by molar-refractivity contribution is 0.844. The van der Waals surface area contributed by atoms with Crippen molar-refractivity contribution in [3.63, 3.8) is 0 Å². The maximum Gasteiger partial charge on any atom is 0.143 e. The molecule has 4 nitrogen and oxygen atoms in total. The largest absolute Gasteiger partial charge is 0.372 e. The zero-order chi connectivity index (χ0) is 9.97. The molecule has 0 spiro atoms. The molecule has 0 saturated heterocycles. The van der Waals surface area contributed by atoms with Crippen LogP contribution in [0.25, 0.3) is 11.0 Å². The number of hydrogen-bond acceptors (Lipinski definition) is 3. The van der Waals surface area contributed by atoms with Gasteiger partial charge in [0.2, 0.25) is 0 Å². The molecule has 0 bridgehead atoms. The molecule has 2 rings (SSSR count). The van der Waals surface area contributed by atoms with E-state index in [0.29, 0.717) is 0 Å². The Hall–Kier alpha value is -1.58. The molecule has 2 N–H and O–H groups in total. The van der Waals surface area contributed by atoms with Crippen molar-refractivity contribution in [3.8, 4) is 0 Å². The standard InChI is InChI=1S/C10H14N4/c1-3-4-8-13-9(11-2)7-5-6-12-10(7)14-8/h5-6H,3-4H2,1-2H3,(H2,11,12,13,14). The molecular weight excluding hydrogens is 176 g/mol. The molecule has 4 heteroatoms. The van der Waals surface area contributed by atoms with Crippen LogP contribution >= 0.6 is 0 Å². The van der Waals surface area contributed by atoms with E-state index in [0.717, 1.165) is 35.5 Å². The van der Waals surface area contributed by atoms with Crippen molar-refractivity contribution in [1.29, 1.82) is 0 Å². The molecule has 0 aromatic carbocycles. The van der Waals surface area contributed by atoms with E-state index in [4.69, 9.17) is 0 Å². The normalized spacial score (nSPS) is 10.7. The van der Waals surface area contributed by atoms with Crippen LogP contribution < -0.4 is 5.32 Å². The van der Waals surface area contributed by atoms with E-state index in [9.17, 15) is 0 Å². The molecule has 0 fully saturated rings. The summed E-state index contributed by atoms with van der Waals surface area (Å²) in [6.45, 7) is 2.13. The zero-order valence-electron chi connectivity index (χ0n) is 8.46. The van der Waals surface area contributed by atoms with Crippen molar-refractivity contribution < 1.29 is 0 Å². The third-order valence-electron chi connectivity index (χ3n) is 2.17. The minimum atomic E-state index is 0.895. The van der Waals surface area contributed by atoms with Crippen molar-refractivity contribution >= 4 is 16.9 Å². The Labute approximate surface area is 82.8 Å². The minimum Gasteiger partial charge on any atom is -0.372 e. The lowest BCUT2D eigenvalue weighted by Gasteiger charge is -2.03. The molecule has 0 atom stereocenters. The van der Waals surface area contributed by atoms with Gasteiger partial charge in [0, 0.05) is 19.7 Å². The predicted molar refractivity (Wildman–Crippen MR) is 57.4 cm³/mol. The van der Waals surface area contributed by atoms with Gasteiger partial charge in [0.1, 0.15) is 17.3 Å². The van der Waals surface area contributed by atoms with Crippen molar-refractivity contribution in [1.82, 2.24) is 15.0 Å². The first kappa shape index (κ1) is 8.99. The summed E-state index contributed by atoms with van der Waals surface area (Å²) >= 11 is 0. The van der Waals surface area contributed by atoms with Gasteiger partial charge in [-0.15, -0.1) is 0 Å². The number of aromatic nitrogens is 3. The Morgan fingerprint density at radius 2 is 2.29 bits per heavy atom. The average molecular weight is 190 g/mol. The Balaban J connectivity index is 2.55. The Kier molecular flexibility index (Phi) is 2.35. The summed E-state index contributed by atoms with van der Waals surface area (Å²) in [4.78, 5) is 12.0. The maximum atomic E-state index is 4.44. The van der Waals surface area contributed by atoms with Gasteiger partial charge in [-0.2, -0.15) is 0 Å². The summed E-state index contributed by atoms with van der Waals surface area (Å²) in [5, 5.41) is 4.13. The number of aryl methyl sites for hydroxylation is 1. The zero-order valence-corrected chi connectivity index (χ0v) is 8.46. The van der Waals surface area contributed by atoms with Crippen LogP contribution in [0.5, 0.6) is 0 Å². The molecule has 2 aromatic heterocycles. The van der Waals surface area contributed by atoms with Crippen molar-refractivity contribution in [2.75, 3.05) is 12.4 Å². The summed E-state index contributed by atoms with van der Waals surface area (Å²) in [5.74, 6) is 1.80. The molecule has 14 heavy (non-hydrogen) atoms. The fourth-order valence-corrected chi connectivity index (χ4v) is 1.51.